The number of carboxylic acid groups (broad SMARTS) is 1. The molecule has 0 aliphatic heterocycles. The second-order valence-corrected chi connectivity index (χ2v) is 7.61. The molecule has 6 heteroatoms. The Morgan fingerprint density at radius 2 is 1.96 bits per heavy atom. The average Bonchev–Trinajstić information content (AvgIpc) is 2.67. The van der Waals surface area contributed by atoms with Crippen LogP contribution in [0, 0.1) is 6.92 Å². The lowest BCUT2D eigenvalue weighted by atomic mass is 10.2. The summed E-state index contributed by atoms with van der Waals surface area (Å²) in [4.78, 5) is 11.8. The summed E-state index contributed by atoms with van der Waals surface area (Å²) in [6, 6.07) is 14.0. The maximum absolute atomic E-state index is 10.6. The van der Waals surface area contributed by atoms with Gasteiger partial charge < -0.3 is 19.9 Å². The van der Waals surface area contributed by atoms with Crippen molar-refractivity contribution in [1.29, 1.82) is 0 Å². The number of methoxy groups -OCH3 is 1. The summed E-state index contributed by atoms with van der Waals surface area (Å²) in [5, 5.41) is 12.7. The zero-order valence-corrected chi connectivity index (χ0v) is 16.8. The molecule has 0 spiro atoms. The third-order valence-corrected chi connectivity index (χ3v) is 5.48. The van der Waals surface area contributed by atoms with Crippen molar-refractivity contribution in [1.82, 2.24) is 5.32 Å². The van der Waals surface area contributed by atoms with Crippen molar-refractivity contribution in [2.45, 2.75) is 37.0 Å². The number of carboxylic acids is 1. The van der Waals surface area contributed by atoms with Gasteiger partial charge in [-0.15, -0.1) is 11.8 Å². The molecule has 146 valence electrons. The predicted molar refractivity (Wildman–Crippen MR) is 109 cm³/mol. The van der Waals surface area contributed by atoms with E-state index in [1.807, 2.05) is 49.0 Å². The number of thioether (sulfide) groups is 1. The lowest BCUT2D eigenvalue weighted by molar-refractivity contribution is -0.139. The van der Waals surface area contributed by atoms with Crippen molar-refractivity contribution in [3.63, 3.8) is 0 Å². The largest absolute Gasteiger partial charge is 0.497 e. The van der Waals surface area contributed by atoms with E-state index in [9.17, 15) is 4.79 Å². The number of rotatable bonds is 11. The van der Waals surface area contributed by atoms with Crippen molar-refractivity contribution >= 4 is 17.7 Å². The van der Waals surface area contributed by atoms with Crippen LogP contribution in [0.15, 0.2) is 47.4 Å². The van der Waals surface area contributed by atoms with E-state index in [0.29, 0.717) is 11.0 Å². The summed E-state index contributed by atoms with van der Waals surface area (Å²) in [6.07, 6.45) is 1.05. The minimum Gasteiger partial charge on any atom is -0.497 e. The first kappa shape index (κ1) is 21.1. The maximum atomic E-state index is 10.6. The van der Waals surface area contributed by atoms with Crippen LogP contribution in [0.1, 0.15) is 24.5 Å². The van der Waals surface area contributed by atoms with Gasteiger partial charge in [0.05, 0.1) is 7.11 Å². The summed E-state index contributed by atoms with van der Waals surface area (Å²) in [6.45, 7) is 5.53. The van der Waals surface area contributed by atoms with Crippen molar-refractivity contribution in [3.8, 4) is 11.5 Å². The highest BCUT2D eigenvalue weighted by atomic mass is 32.2. The Bertz CT molecular complexity index is 733. The van der Waals surface area contributed by atoms with Crippen molar-refractivity contribution in [2.75, 3.05) is 20.3 Å². The topological polar surface area (TPSA) is 67.8 Å². The van der Waals surface area contributed by atoms with Gasteiger partial charge in [-0.3, -0.25) is 0 Å². The summed E-state index contributed by atoms with van der Waals surface area (Å²) in [7, 11) is 1.67. The van der Waals surface area contributed by atoms with Crippen LogP contribution in [-0.4, -0.2) is 36.6 Å². The lowest BCUT2D eigenvalue weighted by Gasteiger charge is -2.17. The molecule has 2 N–H and O–H groups in total. The molecule has 1 unspecified atom stereocenters. The zero-order valence-electron chi connectivity index (χ0n) is 16.0. The molecule has 0 saturated carbocycles. The number of hydrogen-bond acceptors (Lipinski definition) is 5. The zero-order chi connectivity index (χ0) is 19.6. The van der Waals surface area contributed by atoms with Crippen molar-refractivity contribution < 1.29 is 19.4 Å². The van der Waals surface area contributed by atoms with Gasteiger partial charge in [-0.05, 0) is 54.8 Å². The number of carbonyl (C=O) groups is 1. The Morgan fingerprint density at radius 3 is 2.56 bits per heavy atom. The SMILES string of the molecule is CCC(CNCc1ccc(OC)cc1)Sc1ccc(OCC(=O)O)c(C)c1. The van der Waals surface area contributed by atoms with Crippen LogP contribution in [0.5, 0.6) is 11.5 Å². The number of aliphatic carboxylic acids is 1. The maximum Gasteiger partial charge on any atom is 0.341 e. The molecule has 0 saturated heterocycles. The monoisotopic (exact) mass is 389 g/mol. The van der Waals surface area contributed by atoms with Crippen LogP contribution in [0.25, 0.3) is 0 Å². The van der Waals surface area contributed by atoms with Gasteiger partial charge in [0.1, 0.15) is 11.5 Å². The number of hydrogen-bond donors (Lipinski definition) is 2. The first-order chi connectivity index (χ1) is 13.0. The van der Waals surface area contributed by atoms with E-state index < -0.39 is 5.97 Å². The number of aryl methyl sites for hydroxylation is 1. The smallest absolute Gasteiger partial charge is 0.341 e. The van der Waals surface area contributed by atoms with Gasteiger partial charge in [-0.25, -0.2) is 4.79 Å². The van der Waals surface area contributed by atoms with E-state index in [-0.39, 0.29) is 6.61 Å². The second-order valence-electron chi connectivity index (χ2n) is 6.24. The van der Waals surface area contributed by atoms with Crippen molar-refractivity contribution in [2.24, 2.45) is 0 Å². The highest BCUT2D eigenvalue weighted by Gasteiger charge is 2.10. The summed E-state index contributed by atoms with van der Waals surface area (Å²) < 4.78 is 10.5. The van der Waals surface area contributed by atoms with E-state index in [2.05, 4.69) is 24.4 Å². The van der Waals surface area contributed by atoms with E-state index in [1.165, 1.54) is 5.56 Å². The van der Waals surface area contributed by atoms with E-state index in [1.54, 1.807) is 7.11 Å². The third-order valence-electron chi connectivity index (χ3n) is 4.12. The quantitative estimate of drug-likeness (QED) is 0.563. The van der Waals surface area contributed by atoms with Crippen LogP contribution in [0.4, 0.5) is 0 Å². The average molecular weight is 390 g/mol. The standard InChI is InChI=1S/C21H27NO4S/c1-4-18(13-22-12-16-5-7-17(25-3)8-6-16)27-19-9-10-20(15(2)11-19)26-14-21(23)24/h5-11,18,22H,4,12-14H2,1-3H3,(H,23,24). The summed E-state index contributed by atoms with van der Waals surface area (Å²) in [5.74, 6) is 0.515. The Labute approximate surface area is 165 Å². The molecule has 5 nitrogen and oxygen atoms in total. The molecular weight excluding hydrogens is 362 g/mol. The molecule has 0 aliphatic rings. The molecule has 0 amide bonds. The predicted octanol–water partition coefficient (Wildman–Crippen LogP) is 4.13. The van der Waals surface area contributed by atoms with Crippen LogP contribution in [0.3, 0.4) is 0 Å². The summed E-state index contributed by atoms with van der Waals surface area (Å²) in [5.41, 5.74) is 2.17. The number of benzene rings is 2. The van der Waals surface area contributed by atoms with Gasteiger partial charge >= 0.3 is 5.97 Å². The molecule has 2 rings (SSSR count). The molecule has 1 atom stereocenters. The second kappa shape index (κ2) is 10.8. The summed E-state index contributed by atoms with van der Waals surface area (Å²) >= 11 is 1.82. The normalized spacial score (nSPS) is 11.8. The molecule has 0 aliphatic carbocycles. The Balaban J connectivity index is 1.84. The van der Waals surface area contributed by atoms with Crippen LogP contribution >= 0.6 is 11.8 Å². The fourth-order valence-corrected chi connectivity index (χ4v) is 3.72. The van der Waals surface area contributed by atoms with Crippen molar-refractivity contribution in [3.05, 3.63) is 53.6 Å². The van der Waals surface area contributed by atoms with E-state index >= 15 is 0 Å². The van der Waals surface area contributed by atoms with E-state index in [0.717, 1.165) is 35.7 Å². The van der Waals surface area contributed by atoms with Gasteiger partial charge in [0.15, 0.2) is 6.61 Å². The van der Waals surface area contributed by atoms with E-state index in [4.69, 9.17) is 14.6 Å². The molecule has 0 fully saturated rings. The van der Waals surface area contributed by atoms with Gasteiger partial charge in [-0.2, -0.15) is 0 Å². The minimum atomic E-state index is -0.971. The van der Waals surface area contributed by atoms with Gasteiger partial charge in [0, 0.05) is 23.2 Å². The van der Waals surface area contributed by atoms with Gasteiger partial charge in [0.2, 0.25) is 0 Å². The Hall–Kier alpha value is -2.18. The van der Waals surface area contributed by atoms with Gasteiger partial charge in [-0.1, -0.05) is 19.1 Å². The molecule has 0 aromatic heterocycles. The fourth-order valence-electron chi connectivity index (χ4n) is 2.58. The molecule has 2 aromatic carbocycles. The minimum absolute atomic E-state index is 0.319. The van der Waals surface area contributed by atoms with Crippen LogP contribution in [-0.2, 0) is 11.3 Å². The molecule has 27 heavy (non-hydrogen) atoms. The first-order valence-electron chi connectivity index (χ1n) is 8.97. The lowest BCUT2D eigenvalue weighted by Crippen LogP contribution is -2.23. The molecule has 0 bridgehead atoms. The Morgan fingerprint density at radius 1 is 1.22 bits per heavy atom. The molecular formula is C21H27NO4S. The Kier molecular flexibility index (Phi) is 8.48. The first-order valence-corrected chi connectivity index (χ1v) is 9.85. The molecule has 2 aromatic rings. The fraction of sp³-hybridized carbons (Fsp3) is 0.381. The number of nitrogens with one attached hydrogen (secondary N) is 1. The molecule has 0 heterocycles. The van der Waals surface area contributed by atoms with Crippen LogP contribution < -0.4 is 14.8 Å². The van der Waals surface area contributed by atoms with Crippen LogP contribution in [0.2, 0.25) is 0 Å². The highest BCUT2D eigenvalue weighted by molar-refractivity contribution is 8.00. The molecule has 0 radical (unpaired) electrons. The van der Waals surface area contributed by atoms with Gasteiger partial charge in [0.25, 0.3) is 0 Å². The highest BCUT2D eigenvalue weighted by Crippen LogP contribution is 2.29. The third kappa shape index (κ3) is 7.15. The number of ether oxygens (including phenoxy) is 2.